The average molecular weight is 505 g/mol. The van der Waals surface area contributed by atoms with Gasteiger partial charge in [-0.15, -0.1) is 0 Å². The largest absolute Gasteiger partial charge is 0.496 e. The fourth-order valence-electron chi connectivity index (χ4n) is 5.20. The summed E-state index contributed by atoms with van der Waals surface area (Å²) in [6.07, 6.45) is 2.19. The second-order valence-corrected chi connectivity index (χ2v) is 9.78. The van der Waals surface area contributed by atoms with Gasteiger partial charge in [0.2, 0.25) is 0 Å². The molecule has 1 atom stereocenters. The summed E-state index contributed by atoms with van der Waals surface area (Å²) in [5.74, 6) is 0.994. The predicted molar refractivity (Wildman–Crippen MR) is 144 cm³/mol. The molecule has 196 valence electrons. The van der Waals surface area contributed by atoms with Crippen molar-refractivity contribution in [2.75, 3.05) is 59.5 Å². The van der Waals surface area contributed by atoms with Crippen LogP contribution in [0.1, 0.15) is 35.3 Å². The van der Waals surface area contributed by atoms with Crippen molar-refractivity contribution >= 4 is 17.7 Å². The Kier molecular flexibility index (Phi) is 7.79. The first kappa shape index (κ1) is 25.3. The molecule has 3 heterocycles. The topological polar surface area (TPSA) is 75.3 Å². The number of ether oxygens (including phenoxy) is 2. The van der Waals surface area contributed by atoms with E-state index in [0.717, 1.165) is 56.1 Å². The van der Waals surface area contributed by atoms with Gasteiger partial charge in [0.1, 0.15) is 24.2 Å². The van der Waals surface area contributed by atoms with Crippen LogP contribution in [0.25, 0.3) is 11.8 Å². The second kappa shape index (κ2) is 11.4. The van der Waals surface area contributed by atoms with Gasteiger partial charge in [-0.3, -0.25) is 24.9 Å². The van der Waals surface area contributed by atoms with Crippen LogP contribution >= 0.6 is 0 Å². The molecule has 5 rings (SSSR count). The van der Waals surface area contributed by atoms with E-state index in [1.807, 2.05) is 19.1 Å². The zero-order chi connectivity index (χ0) is 25.8. The number of carbonyl (C=O) groups is 1. The Balaban J connectivity index is 1.20. The number of nitrogens with one attached hydrogen (secondary N) is 2. The Bertz CT molecular complexity index is 1190. The Labute approximate surface area is 218 Å². The van der Waals surface area contributed by atoms with Gasteiger partial charge in [-0.25, -0.2) is 0 Å². The molecule has 2 aromatic carbocycles. The zero-order valence-electron chi connectivity index (χ0n) is 21.9. The summed E-state index contributed by atoms with van der Waals surface area (Å²) < 4.78 is 11.6. The summed E-state index contributed by atoms with van der Waals surface area (Å²) in [4.78, 5) is 23.5. The maximum atomic E-state index is 12.5. The van der Waals surface area contributed by atoms with Gasteiger partial charge in [-0.05, 0) is 31.5 Å². The van der Waals surface area contributed by atoms with Gasteiger partial charge in [0.25, 0.3) is 5.91 Å². The molecule has 3 aliphatic heterocycles. The minimum atomic E-state index is -0.177. The molecule has 0 spiro atoms. The summed E-state index contributed by atoms with van der Waals surface area (Å²) in [5, 5.41) is 2.83. The number of amides is 1. The number of hydroxylamine groups is 1. The number of hydrogen-bond donors (Lipinski definition) is 2. The van der Waals surface area contributed by atoms with Gasteiger partial charge in [-0.2, -0.15) is 0 Å². The van der Waals surface area contributed by atoms with E-state index in [1.165, 1.54) is 11.1 Å². The number of fused-ring (bicyclic) bond motifs is 2. The van der Waals surface area contributed by atoms with Crippen molar-refractivity contribution < 1.29 is 19.1 Å². The fourth-order valence-corrected chi connectivity index (χ4v) is 5.20. The monoisotopic (exact) mass is 504 g/mol. The van der Waals surface area contributed by atoms with Crippen molar-refractivity contribution in [1.82, 2.24) is 20.6 Å². The molecule has 0 saturated carbocycles. The number of methoxy groups -OCH3 is 1. The van der Waals surface area contributed by atoms with Crippen molar-refractivity contribution in [3.05, 3.63) is 70.3 Å². The first-order valence-corrected chi connectivity index (χ1v) is 13.0. The van der Waals surface area contributed by atoms with Crippen LogP contribution in [0.3, 0.4) is 0 Å². The van der Waals surface area contributed by atoms with Gasteiger partial charge in [0, 0.05) is 56.9 Å². The van der Waals surface area contributed by atoms with Gasteiger partial charge in [0.15, 0.2) is 0 Å². The van der Waals surface area contributed by atoms with Crippen molar-refractivity contribution in [2.24, 2.45) is 0 Å². The molecule has 0 aromatic heterocycles. The molecule has 2 aromatic rings. The summed E-state index contributed by atoms with van der Waals surface area (Å²) in [6.45, 7) is 11.0. The van der Waals surface area contributed by atoms with Crippen molar-refractivity contribution in [2.45, 2.75) is 20.0 Å². The van der Waals surface area contributed by atoms with Crippen LogP contribution in [0.4, 0.5) is 0 Å². The third-order valence-electron chi connectivity index (χ3n) is 7.12. The molecule has 0 bridgehead atoms. The number of carbonyl (C=O) groups excluding carboxylic acids is 1. The fraction of sp³-hybridized carbons (Fsp3) is 0.414. The molecule has 3 aliphatic rings. The smallest absolute Gasteiger partial charge is 0.255 e. The second-order valence-electron chi connectivity index (χ2n) is 9.78. The van der Waals surface area contributed by atoms with Crippen LogP contribution in [0.15, 0.2) is 53.6 Å². The van der Waals surface area contributed by atoms with Crippen LogP contribution < -0.4 is 20.3 Å². The maximum absolute atomic E-state index is 12.5. The van der Waals surface area contributed by atoms with Crippen molar-refractivity contribution in [3.63, 3.8) is 0 Å². The first-order chi connectivity index (χ1) is 18.1. The lowest BCUT2D eigenvalue weighted by Crippen LogP contribution is -2.49. The van der Waals surface area contributed by atoms with E-state index in [-0.39, 0.29) is 12.0 Å². The minimum Gasteiger partial charge on any atom is -0.496 e. The van der Waals surface area contributed by atoms with Crippen molar-refractivity contribution in [3.8, 4) is 11.5 Å². The number of piperazine rings is 1. The molecule has 0 aliphatic carbocycles. The lowest BCUT2D eigenvalue weighted by Gasteiger charge is -2.36. The third kappa shape index (κ3) is 5.66. The predicted octanol–water partition coefficient (Wildman–Crippen LogP) is 3.17. The quantitative estimate of drug-likeness (QED) is 0.572. The Morgan fingerprint density at radius 1 is 1.16 bits per heavy atom. The van der Waals surface area contributed by atoms with Crippen LogP contribution in [-0.2, 0) is 4.84 Å². The number of nitrogens with zero attached hydrogens (tertiary/aromatic N) is 2. The zero-order valence-corrected chi connectivity index (χ0v) is 21.9. The summed E-state index contributed by atoms with van der Waals surface area (Å²) in [6, 6.07) is 14.1. The molecular weight excluding hydrogens is 468 g/mol. The van der Waals surface area contributed by atoms with E-state index in [1.54, 1.807) is 13.2 Å². The summed E-state index contributed by atoms with van der Waals surface area (Å²) in [7, 11) is 1.57. The van der Waals surface area contributed by atoms with Crippen LogP contribution in [-0.4, -0.2) is 81.3 Å². The van der Waals surface area contributed by atoms with E-state index in [4.69, 9.17) is 14.3 Å². The summed E-state index contributed by atoms with van der Waals surface area (Å²) >= 11 is 0. The lowest BCUT2D eigenvalue weighted by molar-refractivity contribution is 0.0118. The van der Waals surface area contributed by atoms with Crippen LogP contribution in [0.2, 0.25) is 0 Å². The lowest BCUT2D eigenvalue weighted by atomic mass is 9.98. The van der Waals surface area contributed by atoms with E-state index in [2.05, 4.69) is 57.9 Å². The van der Waals surface area contributed by atoms with Crippen molar-refractivity contribution in [1.29, 1.82) is 0 Å². The van der Waals surface area contributed by atoms with E-state index in [9.17, 15) is 4.79 Å². The minimum absolute atomic E-state index is 0.0801. The molecule has 37 heavy (non-hydrogen) atoms. The van der Waals surface area contributed by atoms with Crippen LogP contribution in [0.5, 0.6) is 11.5 Å². The Hall–Kier alpha value is -3.33. The highest BCUT2D eigenvalue weighted by atomic mass is 16.7. The van der Waals surface area contributed by atoms with Gasteiger partial charge in [0.05, 0.1) is 18.4 Å². The number of benzene rings is 2. The molecule has 8 heteroatoms. The van der Waals surface area contributed by atoms with Gasteiger partial charge >= 0.3 is 0 Å². The molecule has 1 fully saturated rings. The molecule has 1 amide bonds. The standard InChI is InChI=1S/C29H36N4O4/c1-4-30-29(34)23-16-26-22(15-25(23)35-3)28-24(19-36-26)27(37-31-28)18-33-12-10-32(11-13-33)17-20(2)14-21-8-6-5-7-9-21/h5-9,14-16,27,31H,4,10-13,17-19H2,1-3H3,(H,30,34). The van der Waals surface area contributed by atoms with Crippen LogP contribution in [0, 0.1) is 0 Å². The van der Waals surface area contributed by atoms with Gasteiger partial charge in [-0.1, -0.05) is 42.0 Å². The van der Waals surface area contributed by atoms with Gasteiger partial charge < -0.3 is 14.8 Å². The highest BCUT2D eigenvalue weighted by molar-refractivity contribution is 5.98. The average Bonchev–Trinajstić information content (AvgIpc) is 3.32. The SMILES string of the molecule is CCNC(=O)c1cc2c(cc1OC)C1=C(CO2)C(CN2CCN(CC(C)=Cc3ccccc3)CC2)ON1. The Morgan fingerprint density at radius 3 is 2.65 bits per heavy atom. The third-order valence-corrected chi connectivity index (χ3v) is 7.12. The molecule has 8 nitrogen and oxygen atoms in total. The summed E-state index contributed by atoms with van der Waals surface area (Å²) in [5.41, 5.74) is 9.12. The maximum Gasteiger partial charge on any atom is 0.255 e. The molecule has 1 unspecified atom stereocenters. The van der Waals surface area contributed by atoms with E-state index >= 15 is 0 Å². The molecule has 0 radical (unpaired) electrons. The Morgan fingerprint density at radius 2 is 1.92 bits per heavy atom. The highest BCUT2D eigenvalue weighted by Crippen LogP contribution is 2.40. The van der Waals surface area contributed by atoms with E-state index < -0.39 is 0 Å². The molecule has 1 saturated heterocycles. The number of rotatable bonds is 8. The highest BCUT2D eigenvalue weighted by Gasteiger charge is 2.35. The molecule has 2 N–H and O–H groups in total. The first-order valence-electron chi connectivity index (χ1n) is 13.0. The van der Waals surface area contributed by atoms with E-state index in [0.29, 0.717) is 30.2 Å². The molecular formula is C29H36N4O4. The number of hydrogen-bond acceptors (Lipinski definition) is 7. The normalized spacial score (nSPS) is 20.1.